The van der Waals surface area contributed by atoms with Crippen LogP contribution in [-0.2, 0) is 13.2 Å². The van der Waals surface area contributed by atoms with E-state index in [1.165, 1.54) is 12.5 Å². The Hall–Kier alpha value is -3.51. The van der Waals surface area contributed by atoms with Crippen molar-refractivity contribution in [3.63, 3.8) is 0 Å². The van der Waals surface area contributed by atoms with Crippen LogP contribution < -0.4 is 10.3 Å². The number of ether oxygens (including phenoxy) is 1. The first-order valence-corrected chi connectivity index (χ1v) is 10.5. The summed E-state index contributed by atoms with van der Waals surface area (Å²) in [6, 6.07) is 17.3. The van der Waals surface area contributed by atoms with Crippen molar-refractivity contribution in [2.24, 2.45) is 0 Å². The fraction of sp³-hybridized carbons (Fsp3) is 0.240. The molecule has 1 fully saturated rings. The maximum absolute atomic E-state index is 12.7. The molecule has 1 saturated heterocycles. The van der Waals surface area contributed by atoms with Crippen LogP contribution in [0.1, 0.15) is 23.4 Å². The van der Waals surface area contributed by atoms with Crippen molar-refractivity contribution in [1.29, 1.82) is 0 Å². The summed E-state index contributed by atoms with van der Waals surface area (Å²) in [4.78, 5) is 24.2. The molecule has 1 aromatic carbocycles. The first-order chi connectivity index (χ1) is 15.1. The van der Waals surface area contributed by atoms with E-state index in [1.807, 2.05) is 37.3 Å². The van der Waals surface area contributed by atoms with Gasteiger partial charge in [-0.3, -0.25) is 24.2 Å². The topological polar surface area (TPSA) is 60.2 Å². The lowest BCUT2D eigenvalue weighted by molar-refractivity contribution is 0.170. The number of pyridine rings is 3. The van der Waals surface area contributed by atoms with Crippen molar-refractivity contribution >= 4 is 10.9 Å². The van der Waals surface area contributed by atoms with Crippen LogP contribution in [-0.4, -0.2) is 32.5 Å². The number of hydrogen-bond donors (Lipinski definition) is 0. The van der Waals surface area contributed by atoms with Gasteiger partial charge in [-0.05, 0) is 68.4 Å². The smallest absolute Gasteiger partial charge is 0.258 e. The number of aromatic nitrogens is 3. The molecule has 1 aliphatic rings. The molecule has 0 saturated carbocycles. The van der Waals surface area contributed by atoms with Crippen molar-refractivity contribution < 1.29 is 4.74 Å². The highest BCUT2D eigenvalue weighted by molar-refractivity contribution is 5.81. The number of fused-ring (bicyclic) bond motifs is 1. The average Bonchev–Trinajstić information content (AvgIpc) is 2.75. The summed E-state index contributed by atoms with van der Waals surface area (Å²) in [5.41, 5.74) is 4.62. The molecule has 0 bridgehead atoms. The SMILES string of the molecule is Cc1ccc(COc2ccn(-c3ccc4nc(CN5CCC5)ccc4c3)c(=O)c2)nc1. The van der Waals surface area contributed by atoms with Gasteiger partial charge in [0.2, 0.25) is 0 Å². The molecule has 0 unspecified atom stereocenters. The number of aryl methyl sites for hydroxylation is 1. The van der Waals surface area contributed by atoms with Gasteiger partial charge in [0.05, 0.1) is 16.9 Å². The molecule has 0 spiro atoms. The molecule has 31 heavy (non-hydrogen) atoms. The minimum Gasteiger partial charge on any atom is -0.487 e. The molecule has 0 aliphatic carbocycles. The fourth-order valence-corrected chi connectivity index (χ4v) is 3.67. The minimum absolute atomic E-state index is 0.143. The normalized spacial score (nSPS) is 13.8. The summed E-state index contributed by atoms with van der Waals surface area (Å²) in [5, 5.41) is 1.02. The second-order valence-corrected chi connectivity index (χ2v) is 8.00. The molecule has 6 nitrogen and oxygen atoms in total. The number of rotatable bonds is 6. The summed E-state index contributed by atoms with van der Waals surface area (Å²) in [5.74, 6) is 0.529. The summed E-state index contributed by atoms with van der Waals surface area (Å²) in [6.07, 6.45) is 4.82. The van der Waals surface area contributed by atoms with Gasteiger partial charge in [-0.15, -0.1) is 0 Å². The lowest BCUT2D eigenvalue weighted by Gasteiger charge is -2.30. The van der Waals surface area contributed by atoms with Crippen LogP contribution in [0, 0.1) is 6.92 Å². The lowest BCUT2D eigenvalue weighted by Crippen LogP contribution is -2.36. The molecular weight excluding hydrogens is 388 g/mol. The quantitative estimate of drug-likeness (QED) is 0.481. The van der Waals surface area contributed by atoms with Crippen LogP contribution in [0.15, 0.2) is 71.8 Å². The van der Waals surface area contributed by atoms with Gasteiger partial charge in [0.25, 0.3) is 5.56 Å². The molecule has 6 heteroatoms. The van der Waals surface area contributed by atoms with Crippen molar-refractivity contribution in [2.75, 3.05) is 13.1 Å². The molecule has 0 radical (unpaired) electrons. The lowest BCUT2D eigenvalue weighted by atomic mass is 10.1. The van der Waals surface area contributed by atoms with Gasteiger partial charge in [0.1, 0.15) is 12.4 Å². The van der Waals surface area contributed by atoms with Crippen molar-refractivity contribution in [1.82, 2.24) is 19.4 Å². The summed E-state index contributed by atoms with van der Waals surface area (Å²) in [7, 11) is 0. The highest BCUT2D eigenvalue weighted by Crippen LogP contribution is 2.19. The molecule has 0 atom stereocenters. The molecule has 0 amide bonds. The summed E-state index contributed by atoms with van der Waals surface area (Å²) in [6.45, 7) is 5.53. The third kappa shape index (κ3) is 4.34. The van der Waals surface area contributed by atoms with Crippen LogP contribution in [0.3, 0.4) is 0 Å². The summed E-state index contributed by atoms with van der Waals surface area (Å²) >= 11 is 0. The van der Waals surface area contributed by atoms with Gasteiger partial charge in [-0.25, -0.2) is 0 Å². The molecule has 156 valence electrons. The van der Waals surface area contributed by atoms with E-state index in [4.69, 9.17) is 9.72 Å². The van der Waals surface area contributed by atoms with E-state index in [0.29, 0.717) is 12.4 Å². The molecule has 4 heterocycles. The standard InChI is InChI=1S/C25H24N4O2/c1-18-3-5-21(26-15-18)17-31-23-9-12-29(25(30)14-23)22-7-8-24-19(13-22)4-6-20(27-24)16-28-10-2-11-28/h3-9,12-15H,2,10-11,16-17H2,1H3. The van der Waals surface area contributed by atoms with Crippen LogP contribution >= 0.6 is 0 Å². The number of nitrogens with zero attached hydrogens (tertiary/aromatic N) is 4. The second-order valence-electron chi connectivity index (χ2n) is 8.00. The van der Waals surface area contributed by atoms with E-state index in [1.54, 1.807) is 23.0 Å². The van der Waals surface area contributed by atoms with Gasteiger partial charge in [0, 0.05) is 36.1 Å². The fourth-order valence-electron chi connectivity index (χ4n) is 3.67. The molecular formula is C25H24N4O2. The van der Waals surface area contributed by atoms with Gasteiger partial charge in [0.15, 0.2) is 0 Å². The maximum Gasteiger partial charge on any atom is 0.258 e. The second kappa shape index (κ2) is 8.32. The van der Waals surface area contributed by atoms with E-state index >= 15 is 0 Å². The average molecular weight is 412 g/mol. The zero-order chi connectivity index (χ0) is 21.2. The Balaban J connectivity index is 1.33. The highest BCUT2D eigenvalue weighted by Gasteiger charge is 2.14. The van der Waals surface area contributed by atoms with Gasteiger partial charge >= 0.3 is 0 Å². The van der Waals surface area contributed by atoms with E-state index in [-0.39, 0.29) is 5.56 Å². The van der Waals surface area contributed by atoms with Crippen molar-refractivity contribution in [3.8, 4) is 11.4 Å². The first-order valence-electron chi connectivity index (χ1n) is 10.5. The first kappa shape index (κ1) is 19.5. The molecule has 3 aromatic heterocycles. The predicted octanol–water partition coefficient (Wildman–Crippen LogP) is 3.87. The van der Waals surface area contributed by atoms with Crippen LogP contribution in [0.5, 0.6) is 5.75 Å². The monoisotopic (exact) mass is 412 g/mol. The van der Waals surface area contributed by atoms with Crippen LogP contribution in [0.2, 0.25) is 0 Å². The Bertz CT molecular complexity index is 1280. The van der Waals surface area contributed by atoms with Gasteiger partial charge < -0.3 is 4.74 Å². The van der Waals surface area contributed by atoms with Gasteiger partial charge in [-0.2, -0.15) is 0 Å². The number of likely N-dealkylation sites (tertiary alicyclic amines) is 1. The van der Waals surface area contributed by atoms with Crippen LogP contribution in [0.25, 0.3) is 16.6 Å². The number of hydrogen-bond acceptors (Lipinski definition) is 5. The molecule has 0 N–H and O–H groups in total. The Kier molecular flexibility index (Phi) is 5.22. The van der Waals surface area contributed by atoms with Crippen molar-refractivity contribution in [2.45, 2.75) is 26.5 Å². The van der Waals surface area contributed by atoms with Gasteiger partial charge in [-0.1, -0.05) is 12.1 Å². The van der Waals surface area contributed by atoms with E-state index < -0.39 is 0 Å². The summed E-state index contributed by atoms with van der Waals surface area (Å²) < 4.78 is 7.36. The third-order valence-electron chi connectivity index (χ3n) is 5.59. The predicted molar refractivity (Wildman–Crippen MR) is 121 cm³/mol. The zero-order valence-corrected chi connectivity index (χ0v) is 17.5. The maximum atomic E-state index is 12.7. The number of benzene rings is 1. The Labute approximate surface area is 180 Å². The third-order valence-corrected chi connectivity index (χ3v) is 5.59. The Morgan fingerprint density at radius 3 is 2.61 bits per heavy atom. The molecule has 1 aliphatic heterocycles. The van der Waals surface area contributed by atoms with Crippen molar-refractivity contribution in [3.05, 3.63) is 94.3 Å². The largest absolute Gasteiger partial charge is 0.487 e. The molecule has 5 rings (SSSR count). The van der Waals surface area contributed by atoms with Crippen LogP contribution in [0.4, 0.5) is 0 Å². The Morgan fingerprint density at radius 2 is 1.87 bits per heavy atom. The zero-order valence-electron chi connectivity index (χ0n) is 17.5. The Morgan fingerprint density at radius 1 is 1.00 bits per heavy atom. The minimum atomic E-state index is -0.143. The molecule has 4 aromatic rings. The van der Waals surface area contributed by atoms with E-state index in [9.17, 15) is 4.79 Å². The van der Waals surface area contributed by atoms with E-state index in [0.717, 1.165) is 53.2 Å². The van der Waals surface area contributed by atoms with E-state index in [2.05, 4.69) is 22.0 Å². The highest BCUT2D eigenvalue weighted by atomic mass is 16.5.